The number of likely N-dealkylation sites (tertiary alicyclic amines) is 1. The molecule has 3 heterocycles. The second-order valence-corrected chi connectivity index (χ2v) is 10.2. The Labute approximate surface area is 201 Å². The maximum absolute atomic E-state index is 14.0. The van der Waals surface area contributed by atoms with Crippen molar-refractivity contribution in [1.82, 2.24) is 24.9 Å². The first kappa shape index (κ1) is 24.4. The number of nitrogens with one attached hydrogen (secondary N) is 1. The van der Waals surface area contributed by atoms with Gasteiger partial charge in [0.05, 0.1) is 5.69 Å². The van der Waals surface area contributed by atoms with Crippen molar-refractivity contribution in [2.24, 2.45) is 11.8 Å². The lowest BCUT2D eigenvalue weighted by Gasteiger charge is -2.41. The number of amides is 3. The Bertz CT molecular complexity index is 1040. The minimum atomic E-state index is -1.03. The Kier molecular flexibility index (Phi) is 7.07. The monoisotopic (exact) mass is 469 g/mol. The van der Waals surface area contributed by atoms with Crippen molar-refractivity contribution in [3.63, 3.8) is 0 Å². The van der Waals surface area contributed by atoms with Crippen LogP contribution >= 0.6 is 0 Å². The van der Waals surface area contributed by atoms with Crippen molar-refractivity contribution in [2.75, 3.05) is 19.6 Å². The van der Waals surface area contributed by atoms with Crippen LogP contribution in [0.25, 0.3) is 0 Å². The highest BCUT2D eigenvalue weighted by Gasteiger charge is 2.55. The molecule has 1 aromatic heterocycles. The summed E-state index contributed by atoms with van der Waals surface area (Å²) in [6.07, 6.45) is 3.99. The standard InChI is InChI=1S/C26H36FN5O2/c1-5-31-17-21(19(4)29-31)16-30-11-9-22(10-12-30)26(14-20-7-6-8-23(27)13-20)24(33)32(15-18(2)3)25(34)28-26/h6-8,13,17-18,22H,5,9-12,14-16H2,1-4H3,(H,28,34)/t26-/m1/s1. The second-order valence-electron chi connectivity index (χ2n) is 10.2. The van der Waals surface area contributed by atoms with E-state index in [1.54, 1.807) is 6.07 Å². The van der Waals surface area contributed by atoms with Crippen LogP contribution in [0, 0.1) is 24.6 Å². The molecule has 0 unspecified atom stereocenters. The van der Waals surface area contributed by atoms with Gasteiger partial charge in [0.1, 0.15) is 11.4 Å². The quantitative estimate of drug-likeness (QED) is 0.598. The highest BCUT2D eigenvalue weighted by atomic mass is 19.1. The Hall–Kier alpha value is -2.74. The molecule has 0 radical (unpaired) electrons. The molecule has 2 aliphatic rings. The topological polar surface area (TPSA) is 70.5 Å². The lowest BCUT2D eigenvalue weighted by atomic mass is 9.73. The van der Waals surface area contributed by atoms with Gasteiger partial charge in [0, 0.05) is 37.8 Å². The summed E-state index contributed by atoms with van der Waals surface area (Å²) in [4.78, 5) is 30.4. The van der Waals surface area contributed by atoms with E-state index in [1.165, 1.54) is 22.6 Å². The number of imide groups is 1. The third-order valence-electron chi connectivity index (χ3n) is 7.17. The van der Waals surface area contributed by atoms with Crippen molar-refractivity contribution in [1.29, 1.82) is 0 Å². The van der Waals surface area contributed by atoms with Crippen LogP contribution in [0.15, 0.2) is 30.5 Å². The summed E-state index contributed by atoms with van der Waals surface area (Å²) in [5.41, 5.74) is 1.97. The Morgan fingerprint density at radius 1 is 1.24 bits per heavy atom. The molecular formula is C26H36FN5O2. The molecule has 1 N–H and O–H groups in total. The van der Waals surface area contributed by atoms with Crippen LogP contribution in [-0.4, -0.2) is 56.7 Å². The highest BCUT2D eigenvalue weighted by molar-refractivity contribution is 6.07. The molecule has 1 aromatic carbocycles. The van der Waals surface area contributed by atoms with Crippen molar-refractivity contribution in [3.05, 3.63) is 53.1 Å². The number of piperidine rings is 1. The summed E-state index contributed by atoms with van der Waals surface area (Å²) in [5.74, 6) is -0.343. The largest absolute Gasteiger partial charge is 0.325 e. The third-order valence-corrected chi connectivity index (χ3v) is 7.17. The third kappa shape index (κ3) is 4.87. The zero-order valence-electron chi connectivity index (χ0n) is 20.7. The summed E-state index contributed by atoms with van der Waals surface area (Å²) in [6.45, 7) is 11.8. The van der Waals surface area contributed by atoms with Crippen molar-refractivity contribution < 1.29 is 14.0 Å². The summed E-state index contributed by atoms with van der Waals surface area (Å²) in [7, 11) is 0. The molecule has 2 aromatic rings. The molecule has 0 aliphatic carbocycles. The van der Waals surface area contributed by atoms with Crippen molar-refractivity contribution in [2.45, 2.75) is 65.6 Å². The second kappa shape index (κ2) is 9.86. The lowest BCUT2D eigenvalue weighted by molar-refractivity contribution is -0.134. The number of carbonyl (C=O) groups is 2. The minimum absolute atomic E-state index is 0.0138. The maximum Gasteiger partial charge on any atom is 0.325 e. The van der Waals surface area contributed by atoms with Crippen LogP contribution in [0.4, 0.5) is 9.18 Å². The van der Waals surface area contributed by atoms with E-state index in [4.69, 9.17) is 0 Å². The number of urea groups is 1. The predicted molar refractivity (Wildman–Crippen MR) is 129 cm³/mol. The van der Waals surface area contributed by atoms with Gasteiger partial charge in [0.25, 0.3) is 5.91 Å². The number of aromatic nitrogens is 2. The van der Waals surface area contributed by atoms with E-state index < -0.39 is 5.54 Å². The van der Waals surface area contributed by atoms with Crippen molar-refractivity contribution >= 4 is 11.9 Å². The number of hydrogen-bond acceptors (Lipinski definition) is 4. The lowest BCUT2D eigenvalue weighted by Crippen LogP contribution is -2.57. The zero-order chi connectivity index (χ0) is 24.5. The molecule has 2 saturated heterocycles. The number of halogens is 1. The number of nitrogens with zero attached hydrogens (tertiary/aromatic N) is 4. The summed E-state index contributed by atoms with van der Waals surface area (Å²) in [5, 5.41) is 7.63. The average molecular weight is 470 g/mol. The van der Waals surface area contributed by atoms with Gasteiger partial charge in [-0.3, -0.25) is 19.3 Å². The van der Waals surface area contributed by atoms with Gasteiger partial charge in [-0.1, -0.05) is 26.0 Å². The molecular weight excluding hydrogens is 433 g/mol. The number of rotatable bonds is 8. The Morgan fingerprint density at radius 2 is 1.97 bits per heavy atom. The van der Waals surface area contributed by atoms with Crippen LogP contribution in [0.1, 0.15) is 50.4 Å². The number of aryl methyl sites for hydroxylation is 2. The smallest absolute Gasteiger partial charge is 0.322 e. The molecule has 2 fully saturated rings. The van der Waals surface area contributed by atoms with E-state index in [2.05, 4.69) is 28.4 Å². The van der Waals surface area contributed by atoms with Gasteiger partial charge in [0.2, 0.25) is 0 Å². The van der Waals surface area contributed by atoms with Gasteiger partial charge in [-0.05, 0) is 69.3 Å². The van der Waals surface area contributed by atoms with Crippen LogP contribution in [0.2, 0.25) is 0 Å². The fourth-order valence-electron chi connectivity index (χ4n) is 5.39. The molecule has 0 saturated carbocycles. The predicted octanol–water partition coefficient (Wildman–Crippen LogP) is 3.75. The van der Waals surface area contributed by atoms with E-state index in [9.17, 15) is 14.0 Å². The number of carbonyl (C=O) groups excluding carboxylic acids is 2. The van der Waals surface area contributed by atoms with E-state index in [0.29, 0.717) is 13.0 Å². The normalized spacial score (nSPS) is 22.1. The van der Waals surface area contributed by atoms with Gasteiger partial charge in [0.15, 0.2) is 0 Å². The van der Waals surface area contributed by atoms with Crippen LogP contribution < -0.4 is 5.32 Å². The van der Waals surface area contributed by atoms with Gasteiger partial charge in [-0.25, -0.2) is 9.18 Å². The fraction of sp³-hybridized carbons (Fsp3) is 0.577. The first-order valence-corrected chi connectivity index (χ1v) is 12.4. The Balaban J connectivity index is 1.53. The van der Waals surface area contributed by atoms with Gasteiger partial charge in [-0.2, -0.15) is 5.10 Å². The zero-order valence-corrected chi connectivity index (χ0v) is 20.7. The molecule has 184 valence electrons. The van der Waals surface area contributed by atoms with E-state index in [0.717, 1.165) is 50.3 Å². The van der Waals surface area contributed by atoms with Gasteiger partial charge in [-0.15, -0.1) is 0 Å². The Morgan fingerprint density at radius 3 is 2.59 bits per heavy atom. The summed E-state index contributed by atoms with van der Waals surface area (Å²) in [6, 6.07) is 6.03. The van der Waals surface area contributed by atoms with Crippen LogP contribution in [0.5, 0.6) is 0 Å². The molecule has 7 nitrogen and oxygen atoms in total. The van der Waals surface area contributed by atoms with Gasteiger partial charge >= 0.3 is 6.03 Å². The molecule has 34 heavy (non-hydrogen) atoms. The molecule has 0 bridgehead atoms. The molecule has 1 atom stereocenters. The first-order chi connectivity index (χ1) is 16.2. The average Bonchev–Trinajstić information content (AvgIpc) is 3.26. The van der Waals surface area contributed by atoms with E-state index in [-0.39, 0.29) is 29.6 Å². The summed E-state index contributed by atoms with van der Waals surface area (Å²) >= 11 is 0. The highest BCUT2D eigenvalue weighted by Crippen LogP contribution is 2.37. The molecule has 8 heteroatoms. The SMILES string of the molecule is CCn1cc(CN2CCC([C@@]3(Cc4cccc(F)c4)NC(=O)N(CC(C)C)C3=O)CC2)c(C)n1. The van der Waals surface area contributed by atoms with Gasteiger partial charge < -0.3 is 5.32 Å². The van der Waals surface area contributed by atoms with Crippen molar-refractivity contribution in [3.8, 4) is 0 Å². The van der Waals surface area contributed by atoms with Crippen LogP contribution in [0.3, 0.4) is 0 Å². The number of hydrogen-bond donors (Lipinski definition) is 1. The molecule has 4 rings (SSSR count). The molecule has 0 spiro atoms. The molecule has 3 amide bonds. The van der Waals surface area contributed by atoms with Crippen LogP contribution in [-0.2, 0) is 24.3 Å². The number of benzene rings is 1. The fourth-order valence-corrected chi connectivity index (χ4v) is 5.39. The van der Waals surface area contributed by atoms with E-state index >= 15 is 0 Å². The maximum atomic E-state index is 14.0. The molecule has 2 aliphatic heterocycles. The first-order valence-electron chi connectivity index (χ1n) is 12.4. The summed E-state index contributed by atoms with van der Waals surface area (Å²) < 4.78 is 15.9. The van der Waals surface area contributed by atoms with E-state index in [1.807, 2.05) is 31.5 Å². The minimum Gasteiger partial charge on any atom is -0.322 e.